The van der Waals surface area contributed by atoms with Crippen molar-refractivity contribution in [3.8, 4) is 0 Å². The molecule has 2 aromatic carbocycles. The second-order valence-corrected chi connectivity index (χ2v) is 6.70. The van der Waals surface area contributed by atoms with Crippen LogP contribution in [0.4, 0.5) is 20.2 Å². The fourth-order valence-corrected chi connectivity index (χ4v) is 3.15. The van der Waals surface area contributed by atoms with Crippen molar-refractivity contribution in [1.82, 2.24) is 0 Å². The van der Waals surface area contributed by atoms with Crippen LogP contribution < -0.4 is 10.2 Å². The summed E-state index contributed by atoms with van der Waals surface area (Å²) in [5, 5.41) is 2.63. The van der Waals surface area contributed by atoms with Crippen molar-refractivity contribution < 1.29 is 18.3 Å². The lowest BCUT2D eigenvalue weighted by Crippen LogP contribution is -2.45. The molecule has 0 aromatic heterocycles. The summed E-state index contributed by atoms with van der Waals surface area (Å²) in [4.78, 5) is 14.0. The summed E-state index contributed by atoms with van der Waals surface area (Å²) in [7, 11) is 0. The van der Waals surface area contributed by atoms with E-state index in [4.69, 9.17) is 4.74 Å². The first-order valence-electron chi connectivity index (χ1n) is 8.85. The Morgan fingerprint density at radius 2 is 1.78 bits per heavy atom. The first-order valence-corrected chi connectivity index (χ1v) is 8.85. The number of carbonyl (C=O) groups is 1. The quantitative estimate of drug-likeness (QED) is 0.817. The molecule has 142 valence electrons. The number of morpholine rings is 1. The number of carbonyl (C=O) groups excluding carboxylic acids is 1. The summed E-state index contributed by atoms with van der Waals surface area (Å²) in [5.41, 5.74) is 1.57. The van der Waals surface area contributed by atoms with Gasteiger partial charge in [-0.2, -0.15) is 0 Å². The summed E-state index contributed by atoms with van der Waals surface area (Å²) in [6.45, 7) is 5.16. The van der Waals surface area contributed by atoms with E-state index in [2.05, 4.69) is 5.32 Å². The number of nitrogens with one attached hydrogen (secondary N) is 1. The zero-order valence-corrected chi connectivity index (χ0v) is 15.3. The Bertz CT molecular complexity index is 827. The van der Waals surface area contributed by atoms with Crippen LogP contribution in [-0.4, -0.2) is 31.2 Å². The third kappa shape index (κ3) is 5.14. The molecule has 0 spiro atoms. The van der Waals surface area contributed by atoms with Gasteiger partial charge in [0.05, 0.1) is 17.9 Å². The number of amides is 1. The minimum Gasteiger partial charge on any atom is -0.372 e. The van der Waals surface area contributed by atoms with E-state index in [1.165, 1.54) is 24.3 Å². The number of anilines is 2. The highest BCUT2D eigenvalue weighted by Crippen LogP contribution is 2.26. The van der Waals surface area contributed by atoms with E-state index < -0.39 is 5.82 Å². The summed E-state index contributed by atoms with van der Waals surface area (Å²) >= 11 is 0. The molecule has 6 heteroatoms. The van der Waals surface area contributed by atoms with Crippen molar-refractivity contribution in [3.63, 3.8) is 0 Å². The minimum atomic E-state index is -0.392. The topological polar surface area (TPSA) is 41.6 Å². The molecule has 0 radical (unpaired) electrons. The standard InChI is InChI=1S/C21H22F2N2O2/c1-14-12-25(13-15(2)27-14)20-9-8-18(11-19(20)23)24-21(26)10-5-16-3-6-17(22)7-4-16/h3-11,14-15H,12-13H2,1-2H3,(H,24,26). The van der Waals surface area contributed by atoms with E-state index in [1.807, 2.05) is 18.7 Å². The van der Waals surface area contributed by atoms with Gasteiger partial charge in [0.15, 0.2) is 0 Å². The van der Waals surface area contributed by atoms with E-state index in [0.29, 0.717) is 30.0 Å². The summed E-state index contributed by atoms with van der Waals surface area (Å²) in [6.07, 6.45) is 2.95. The molecule has 1 aliphatic rings. The van der Waals surface area contributed by atoms with Crippen molar-refractivity contribution in [1.29, 1.82) is 0 Å². The smallest absolute Gasteiger partial charge is 0.248 e. The van der Waals surface area contributed by atoms with Gasteiger partial charge < -0.3 is 15.0 Å². The van der Waals surface area contributed by atoms with Crippen LogP contribution in [0.15, 0.2) is 48.5 Å². The molecule has 3 rings (SSSR count). The fraction of sp³-hybridized carbons (Fsp3) is 0.286. The van der Waals surface area contributed by atoms with E-state index in [1.54, 1.807) is 30.3 Å². The van der Waals surface area contributed by atoms with Gasteiger partial charge in [-0.1, -0.05) is 12.1 Å². The van der Waals surface area contributed by atoms with Crippen molar-refractivity contribution in [2.24, 2.45) is 0 Å². The number of benzene rings is 2. The van der Waals surface area contributed by atoms with Gasteiger partial charge in [-0.15, -0.1) is 0 Å². The normalized spacial score (nSPS) is 20.1. The molecule has 1 amide bonds. The Labute approximate surface area is 157 Å². The van der Waals surface area contributed by atoms with Gasteiger partial charge in [-0.05, 0) is 55.8 Å². The fourth-order valence-electron chi connectivity index (χ4n) is 3.15. The zero-order chi connectivity index (χ0) is 19.4. The van der Waals surface area contributed by atoms with Crippen molar-refractivity contribution in [3.05, 3.63) is 65.7 Å². The average molecular weight is 372 g/mol. The first-order chi connectivity index (χ1) is 12.9. The van der Waals surface area contributed by atoms with E-state index in [0.717, 1.165) is 0 Å². The maximum Gasteiger partial charge on any atom is 0.248 e. The predicted octanol–water partition coefficient (Wildman–Crippen LogP) is 4.23. The number of ether oxygens (including phenoxy) is 1. The molecule has 2 unspecified atom stereocenters. The predicted molar refractivity (Wildman–Crippen MR) is 103 cm³/mol. The van der Waals surface area contributed by atoms with Crippen LogP contribution in [0.1, 0.15) is 19.4 Å². The molecule has 0 saturated carbocycles. The van der Waals surface area contributed by atoms with Crippen LogP contribution in [0.25, 0.3) is 6.08 Å². The van der Waals surface area contributed by atoms with Gasteiger partial charge in [0.1, 0.15) is 11.6 Å². The van der Waals surface area contributed by atoms with Crippen molar-refractivity contribution in [2.45, 2.75) is 26.1 Å². The second kappa shape index (κ2) is 8.31. The lowest BCUT2D eigenvalue weighted by Gasteiger charge is -2.37. The Balaban J connectivity index is 1.65. The van der Waals surface area contributed by atoms with Gasteiger partial charge in [0.25, 0.3) is 0 Å². The average Bonchev–Trinajstić information content (AvgIpc) is 2.60. The maximum atomic E-state index is 14.5. The second-order valence-electron chi connectivity index (χ2n) is 6.70. The van der Waals surface area contributed by atoms with Crippen LogP contribution in [0.3, 0.4) is 0 Å². The van der Waals surface area contributed by atoms with Crippen LogP contribution >= 0.6 is 0 Å². The lowest BCUT2D eigenvalue weighted by molar-refractivity contribution is -0.111. The largest absolute Gasteiger partial charge is 0.372 e. The van der Waals surface area contributed by atoms with Crippen LogP contribution in [0, 0.1) is 11.6 Å². The number of halogens is 2. The van der Waals surface area contributed by atoms with Gasteiger partial charge in [-0.25, -0.2) is 8.78 Å². The Morgan fingerprint density at radius 3 is 2.41 bits per heavy atom. The molecule has 2 aromatic rings. The Kier molecular flexibility index (Phi) is 5.86. The number of rotatable bonds is 4. The van der Waals surface area contributed by atoms with Crippen LogP contribution in [0.2, 0.25) is 0 Å². The monoisotopic (exact) mass is 372 g/mol. The van der Waals surface area contributed by atoms with Crippen molar-refractivity contribution in [2.75, 3.05) is 23.3 Å². The zero-order valence-electron chi connectivity index (χ0n) is 15.3. The highest BCUT2D eigenvalue weighted by atomic mass is 19.1. The molecular weight excluding hydrogens is 350 g/mol. The first kappa shape index (κ1) is 19.0. The number of hydrogen-bond donors (Lipinski definition) is 1. The summed E-state index contributed by atoms with van der Waals surface area (Å²) in [5.74, 6) is -1.12. The van der Waals surface area contributed by atoms with Gasteiger partial charge >= 0.3 is 0 Å². The summed E-state index contributed by atoms with van der Waals surface area (Å²) in [6, 6.07) is 10.4. The van der Waals surface area contributed by atoms with Crippen LogP contribution in [-0.2, 0) is 9.53 Å². The lowest BCUT2D eigenvalue weighted by atomic mass is 10.1. The Morgan fingerprint density at radius 1 is 1.11 bits per heavy atom. The third-order valence-electron chi connectivity index (χ3n) is 4.27. The molecule has 0 bridgehead atoms. The molecule has 1 aliphatic heterocycles. The summed E-state index contributed by atoms with van der Waals surface area (Å²) < 4.78 is 33.1. The van der Waals surface area contributed by atoms with Gasteiger partial charge in [-0.3, -0.25) is 4.79 Å². The van der Waals surface area contributed by atoms with E-state index >= 15 is 0 Å². The molecule has 2 atom stereocenters. The van der Waals surface area contributed by atoms with E-state index in [9.17, 15) is 13.6 Å². The Hall–Kier alpha value is -2.73. The van der Waals surface area contributed by atoms with Gasteiger partial charge in [0.2, 0.25) is 5.91 Å². The third-order valence-corrected chi connectivity index (χ3v) is 4.27. The minimum absolute atomic E-state index is 0.0316. The highest BCUT2D eigenvalue weighted by molar-refractivity contribution is 6.02. The molecule has 1 heterocycles. The SMILES string of the molecule is CC1CN(c2ccc(NC(=O)C=Cc3ccc(F)cc3)cc2F)CC(C)O1. The highest BCUT2D eigenvalue weighted by Gasteiger charge is 2.24. The van der Waals surface area contributed by atoms with Gasteiger partial charge in [0, 0.05) is 24.9 Å². The molecule has 0 aliphatic carbocycles. The van der Waals surface area contributed by atoms with Crippen LogP contribution in [0.5, 0.6) is 0 Å². The molecular formula is C21H22F2N2O2. The number of hydrogen-bond acceptors (Lipinski definition) is 3. The number of nitrogens with zero attached hydrogens (tertiary/aromatic N) is 1. The van der Waals surface area contributed by atoms with E-state index in [-0.39, 0.29) is 23.9 Å². The molecule has 4 nitrogen and oxygen atoms in total. The maximum absolute atomic E-state index is 14.5. The van der Waals surface area contributed by atoms with Crippen molar-refractivity contribution >= 4 is 23.4 Å². The molecule has 27 heavy (non-hydrogen) atoms. The molecule has 1 N–H and O–H groups in total. The molecule has 1 saturated heterocycles. The molecule has 1 fully saturated rings.